The van der Waals surface area contributed by atoms with Crippen LogP contribution in [0.3, 0.4) is 0 Å². The van der Waals surface area contributed by atoms with E-state index in [-0.39, 0.29) is 17.7 Å². The predicted octanol–water partition coefficient (Wildman–Crippen LogP) is 1.61. The fourth-order valence-electron chi connectivity index (χ4n) is 1.95. The van der Waals surface area contributed by atoms with Crippen molar-refractivity contribution in [3.05, 3.63) is 0 Å². The van der Waals surface area contributed by atoms with Crippen LogP contribution in [0.5, 0.6) is 0 Å². The van der Waals surface area contributed by atoms with Gasteiger partial charge >= 0.3 is 0 Å². The topological polar surface area (TPSA) is 37.4 Å². The number of amides is 1. The molecule has 0 spiro atoms. The normalized spacial score (nSPS) is 21.7. The molecule has 1 atom stereocenters. The molecule has 1 aliphatic rings. The summed E-state index contributed by atoms with van der Waals surface area (Å²) in [5, 5.41) is 0. The van der Waals surface area contributed by atoms with Crippen LogP contribution in [0.4, 0.5) is 0 Å². The molecule has 0 saturated carbocycles. The summed E-state index contributed by atoms with van der Waals surface area (Å²) in [4.78, 5) is 24.7. The Morgan fingerprint density at radius 1 is 1.43 bits per heavy atom. The van der Waals surface area contributed by atoms with Crippen LogP contribution >= 0.6 is 0 Å². The van der Waals surface area contributed by atoms with E-state index in [0.29, 0.717) is 12.3 Å². The van der Waals surface area contributed by atoms with Crippen LogP contribution in [0.15, 0.2) is 0 Å². The number of ketones is 1. The molecule has 0 aromatic rings. The molecule has 14 heavy (non-hydrogen) atoms. The fourth-order valence-corrected chi connectivity index (χ4v) is 1.95. The first-order valence-corrected chi connectivity index (χ1v) is 5.32. The van der Waals surface area contributed by atoms with Gasteiger partial charge in [0.25, 0.3) is 0 Å². The summed E-state index contributed by atoms with van der Waals surface area (Å²) in [6.45, 7) is 6.38. The summed E-state index contributed by atoms with van der Waals surface area (Å²) in [5.74, 6) is 0.632. The number of hydrogen-bond donors (Lipinski definition) is 0. The molecule has 3 heteroatoms. The Kier molecular flexibility index (Phi) is 3.67. The molecule has 0 aliphatic carbocycles. The van der Waals surface area contributed by atoms with Crippen LogP contribution in [-0.2, 0) is 9.59 Å². The smallest absolute Gasteiger partial charge is 0.223 e. The lowest BCUT2D eigenvalue weighted by molar-refractivity contribution is -0.137. The maximum Gasteiger partial charge on any atom is 0.223 e. The van der Waals surface area contributed by atoms with Crippen LogP contribution in [0.2, 0.25) is 0 Å². The average Bonchev–Trinajstić information content (AvgIpc) is 2.49. The molecule has 0 bridgehead atoms. The van der Waals surface area contributed by atoms with Crippen molar-refractivity contribution >= 4 is 11.7 Å². The van der Waals surface area contributed by atoms with E-state index in [0.717, 1.165) is 19.4 Å². The van der Waals surface area contributed by atoms with Gasteiger partial charge in [-0.05, 0) is 25.7 Å². The zero-order chi connectivity index (χ0) is 10.7. The van der Waals surface area contributed by atoms with Gasteiger partial charge in [-0.25, -0.2) is 0 Å². The van der Waals surface area contributed by atoms with Crippen LogP contribution < -0.4 is 0 Å². The second-order valence-electron chi connectivity index (χ2n) is 4.45. The quantitative estimate of drug-likeness (QED) is 0.689. The van der Waals surface area contributed by atoms with Crippen molar-refractivity contribution in [2.24, 2.45) is 5.92 Å². The maximum atomic E-state index is 11.7. The second-order valence-corrected chi connectivity index (χ2v) is 4.45. The van der Waals surface area contributed by atoms with Crippen LogP contribution in [0.1, 0.15) is 40.0 Å². The van der Waals surface area contributed by atoms with Crippen molar-refractivity contribution < 1.29 is 9.59 Å². The fraction of sp³-hybridized carbons (Fsp3) is 0.818. The molecular formula is C11H19NO2. The maximum absolute atomic E-state index is 11.7. The molecule has 80 valence electrons. The third-order valence-electron chi connectivity index (χ3n) is 2.63. The molecule has 0 aromatic heterocycles. The predicted molar refractivity (Wildman–Crippen MR) is 54.9 cm³/mol. The highest BCUT2D eigenvalue weighted by Gasteiger charge is 2.31. The number of hydrogen-bond acceptors (Lipinski definition) is 2. The van der Waals surface area contributed by atoms with Gasteiger partial charge < -0.3 is 4.90 Å². The Morgan fingerprint density at radius 2 is 2.07 bits per heavy atom. The lowest BCUT2D eigenvalue weighted by atomic mass is 10.1. The van der Waals surface area contributed by atoms with Crippen molar-refractivity contribution in [1.82, 2.24) is 4.90 Å². The Morgan fingerprint density at radius 3 is 2.57 bits per heavy atom. The number of Topliss-reactive ketones (excluding diaryl/α,β-unsaturated/α-hetero) is 1. The van der Waals surface area contributed by atoms with Gasteiger partial charge in [-0.2, -0.15) is 0 Å². The molecule has 0 aromatic carbocycles. The van der Waals surface area contributed by atoms with Gasteiger partial charge in [0.1, 0.15) is 0 Å². The first-order valence-electron chi connectivity index (χ1n) is 5.32. The summed E-state index contributed by atoms with van der Waals surface area (Å²) in [5.41, 5.74) is 0. The number of nitrogens with zero attached hydrogens (tertiary/aromatic N) is 1. The largest absolute Gasteiger partial charge is 0.333 e. The first kappa shape index (κ1) is 11.2. The summed E-state index contributed by atoms with van der Waals surface area (Å²) in [6.07, 6.45) is 2.37. The highest BCUT2D eigenvalue weighted by Crippen LogP contribution is 2.20. The zero-order valence-corrected chi connectivity index (χ0v) is 9.25. The molecule has 1 rings (SSSR count). The van der Waals surface area contributed by atoms with Crippen LogP contribution in [0.25, 0.3) is 0 Å². The van der Waals surface area contributed by atoms with Crippen molar-refractivity contribution in [3.63, 3.8) is 0 Å². The zero-order valence-electron chi connectivity index (χ0n) is 9.25. The first-order chi connectivity index (χ1) is 6.52. The molecule has 1 amide bonds. The number of rotatable bonds is 3. The Bertz CT molecular complexity index is 235. The van der Waals surface area contributed by atoms with E-state index >= 15 is 0 Å². The summed E-state index contributed by atoms with van der Waals surface area (Å²) in [7, 11) is 0. The Hall–Kier alpha value is -0.860. The Balaban J connectivity index is 2.58. The van der Waals surface area contributed by atoms with Gasteiger partial charge in [0.15, 0.2) is 5.78 Å². The van der Waals surface area contributed by atoms with Crippen LogP contribution in [-0.4, -0.2) is 29.2 Å². The van der Waals surface area contributed by atoms with E-state index in [9.17, 15) is 9.59 Å². The van der Waals surface area contributed by atoms with E-state index in [1.165, 1.54) is 0 Å². The van der Waals surface area contributed by atoms with Crippen molar-refractivity contribution in [2.75, 3.05) is 6.54 Å². The van der Waals surface area contributed by atoms with Crippen LogP contribution in [0, 0.1) is 5.92 Å². The molecule has 1 saturated heterocycles. The molecule has 1 heterocycles. The number of likely N-dealkylation sites (tertiary alicyclic amines) is 1. The van der Waals surface area contributed by atoms with Crippen molar-refractivity contribution in [1.29, 1.82) is 0 Å². The van der Waals surface area contributed by atoms with Gasteiger partial charge in [-0.15, -0.1) is 0 Å². The van der Waals surface area contributed by atoms with Crippen molar-refractivity contribution in [2.45, 2.75) is 46.1 Å². The lowest BCUT2D eigenvalue weighted by Crippen LogP contribution is -2.39. The minimum Gasteiger partial charge on any atom is -0.333 e. The number of carbonyl (C=O) groups is 2. The van der Waals surface area contributed by atoms with Gasteiger partial charge in [0, 0.05) is 13.0 Å². The SMILES string of the molecule is CC(=O)[C@@H]1CCCN1C(=O)CC(C)C. The lowest BCUT2D eigenvalue weighted by Gasteiger charge is -2.23. The van der Waals surface area contributed by atoms with E-state index in [1.807, 2.05) is 13.8 Å². The standard InChI is InChI=1S/C11H19NO2/c1-8(2)7-11(14)12-6-4-5-10(12)9(3)13/h8,10H,4-7H2,1-3H3/t10-/m0/s1. The minimum atomic E-state index is -0.138. The van der Waals surface area contributed by atoms with Gasteiger partial charge in [0.05, 0.1) is 6.04 Å². The summed E-state index contributed by atoms with van der Waals surface area (Å²) >= 11 is 0. The highest BCUT2D eigenvalue weighted by atomic mass is 16.2. The van der Waals surface area contributed by atoms with E-state index < -0.39 is 0 Å². The molecule has 1 fully saturated rings. The minimum absolute atomic E-state index is 0.125. The Labute approximate surface area is 85.5 Å². The van der Waals surface area contributed by atoms with E-state index in [4.69, 9.17) is 0 Å². The average molecular weight is 197 g/mol. The van der Waals surface area contributed by atoms with Gasteiger partial charge in [0.2, 0.25) is 5.91 Å². The highest BCUT2D eigenvalue weighted by molar-refractivity contribution is 5.88. The molecule has 0 radical (unpaired) electrons. The monoisotopic (exact) mass is 197 g/mol. The third-order valence-corrected chi connectivity index (χ3v) is 2.63. The third kappa shape index (κ3) is 2.56. The van der Waals surface area contributed by atoms with Gasteiger partial charge in [-0.1, -0.05) is 13.8 Å². The second kappa shape index (κ2) is 4.58. The summed E-state index contributed by atoms with van der Waals surface area (Å²) in [6, 6.07) is -0.138. The number of carbonyl (C=O) groups excluding carboxylic acids is 2. The molecule has 3 nitrogen and oxygen atoms in total. The molecular weight excluding hydrogens is 178 g/mol. The molecule has 1 aliphatic heterocycles. The summed E-state index contributed by atoms with van der Waals surface area (Å²) < 4.78 is 0. The van der Waals surface area contributed by atoms with E-state index in [2.05, 4.69) is 0 Å². The van der Waals surface area contributed by atoms with Crippen molar-refractivity contribution in [3.8, 4) is 0 Å². The van der Waals surface area contributed by atoms with E-state index in [1.54, 1.807) is 11.8 Å². The van der Waals surface area contributed by atoms with Gasteiger partial charge in [-0.3, -0.25) is 9.59 Å². The molecule has 0 N–H and O–H groups in total. The molecule has 0 unspecified atom stereocenters.